The molecule has 3 nitrogen and oxygen atoms in total. The Balaban J connectivity index is 1.64. The second kappa shape index (κ2) is 5.43. The van der Waals surface area contributed by atoms with E-state index in [0.29, 0.717) is 12.5 Å². The second-order valence-corrected chi connectivity index (χ2v) is 7.91. The van der Waals surface area contributed by atoms with Gasteiger partial charge in [-0.3, -0.25) is 4.79 Å². The number of amides is 1. The number of quaternary nitrogens is 1. The monoisotopic (exact) mass is 333 g/mol. The zero-order chi connectivity index (χ0) is 16.9. The lowest BCUT2D eigenvalue weighted by Gasteiger charge is -2.36. The van der Waals surface area contributed by atoms with E-state index in [9.17, 15) is 4.79 Å². The van der Waals surface area contributed by atoms with E-state index in [2.05, 4.69) is 58.7 Å². The third kappa shape index (κ3) is 1.93. The van der Waals surface area contributed by atoms with E-state index in [1.165, 1.54) is 36.8 Å². The number of fused-ring (bicyclic) bond motifs is 3. The number of carbonyl (C=O) groups excluding carboxylic acids is 1. The molecule has 1 amide bonds. The van der Waals surface area contributed by atoms with E-state index < -0.39 is 0 Å². The highest BCUT2D eigenvalue weighted by molar-refractivity contribution is 6.09. The number of hydrogen-bond donors (Lipinski definition) is 1. The third-order valence-corrected chi connectivity index (χ3v) is 6.85. The van der Waals surface area contributed by atoms with E-state index in [-0.39, 0.29) is 11.0 Å². The van der Waals surface area contributed by atoms with Gasteiger partial charge in [-0.05, 0) is 30.0 Å². The van der Waals surface area contributed by atoms with Crippen molar-refractivity contribution in [1.29, 1.82) is 0 Å². The predicted molar refractivity (Wildman–Crippen MR) is 98.4 cm³/mol. The molecule has 2 heterocycles. The van der Waals surface area contributed by atoms with Crippen molar-refractivity contribution in [3.8, 4) is 0 Å². The second-order valence-electron chi connectivity index (χ2n) is 7.91. The van der Waals surface area contributed by atoms with Crippen molar-refractivity contribution in [3.63, 3.8) is 0 Å². The lowest BCUT2D eigenvalue weighted by molar-refractivity contribution is -0.710. The van der Waals surface area contributed by atoms with Crippen LogP contribution in [0.3, 0.4) is 0 Å². The van der Waals surface area contributed by atoms with Crippen molar-refractivity contribution in [2.45, 2.75) is 49.6 Å². The predicted octanol–water partition coefficient (Wildman–Crippen LogP) is 2.75. The molecule has 2 N–H and O–H groups in total. The maximum absolute atomic E-state index is 13.9. The Morgan fingerprint density at radius 3 is 2.44 bits per heavy atom. The number of carbonyl (C=O) groups is 1. The summed E-state index contributed by atoms with van der Waals surface area (Å²) in [5.74, 6) is 0.341. The molecule has 128 valence electrons. The molecule has 1 saturated carbocycles. The lowest BCUT2D eigenvalue weighted by atomic mass is 9.65. The number of nitrogens with two attached hydrogens (primary N) is 1. The van der Waals surface area contributed by atoms with Crippen LogP contribution >= 0.6 is 0 Å². The highest BCUT2D eigenvalue weighted by Gasteiger charge is 2.68. The fraction of sp³-hybridized carbons (Fsp3) is 0.409. The van der Waals surface area contributed by atoms with E-state index in [1.54, 1.807) is 0 Å². The van der Waals surface area contributed by atoms with Gasteiger partial charge in [0.1, 0.15) is 11.0 Å². The molecule has 1 saturated heterocycles. The molecule has 25 heavy (non-hydrogen) atoms. The smallest absolute Gasteiger partial charge is 0.244 e. The van der Waals surface area contributed by atoms with Crippen LogP contribution in [0.1, 0.15) is 43.2 Å². The van der Waals surface area contributed by atoms with Crippen LogP contribution in [0.2, 0.25) is 0 Å². The Bertz CT molecular complexity index is 804. The zero-order valence-corrected chi connectivity index (χ0v) is 14.6. The molecular formula is C22H25N2O+. The molecule has 2 fully saturated rings. The first kappa shape index (κ1) is 15.2. The SMILES string of the molecule is O=C1N(Cc2ccccc2)c2ccccc2[C@@]12CC[NH2+]C21CCCC1. The minimum atomic E-state index is -0.311. The summed E-state index contributed by atoms with van der Waals surface area (Å²) in [7, 11) is 0. The van der Waals surface area contributed by atoms with Crippen LogP contribution in [0, 0.1) is 0 Å². The van der Waals surface area contributed by atoms with Gasteiger partial charge in [0.15, 0.2) is 0 Å². The average molecular weight is 333 g/mol. The van der Waals surface area contributed by atoms with Crippen molar-refractivity contribution < 1.29 is 10.1 Å². The van der Waals surface area contributed by atoms with E-state index >= 15 is 0 Å². The van der Waals surface area contributed by atoms with E-state index in [0.717, 1.165) is 18.7 Å². The largest absolute Gasteiger partial charge is 0.340 e. The Morgan fingerprint density at radius 2 is 1.64 bits per heavy atom. The first-order valence-corrected chi connectivity index (χ1v) is 9.57. The number of para-hydroxylation sites is 1. The van der Waals surface area contributed by atoms with Crippen LogP contribution in [0.15, 0.2) is 54.6 Å². The number of rotatable bonds is 2. The Hall–Kier alpha value is -2.13. The quantitative estimate of drug-likeness (QED) is 0.901. The van der Waals surface area contributed by atoms with Gasteiger partial charge in [-0.15, -0.1) is 0 Å². The molecule has 0 unspecified atom stereocenters. The first-order chi connectivity index (χ1) is 12.3. The highest BCUT2D eigenvalue weighted by atomic mass is 16.2. The lowest BCUT2D eigenvalue weighted by Crippen LogP contribution is -2.96. The molecule has 2 aromatic carbocycles. The Kier molecular flexibility index (Phi) is 3.29. The fourth-order valence-corrected chi connectivity index (χ4v) is 5.80. The van der Waals surface area contributed by atoms with Crippen molar-refractivity contribution in [3.05, 3.63) is 65.7 Å². The maximum Gasteiger partial charge on any atom is 0.244 e. The number of anilines is 1. The van der Waals surface area contributed by atoms with E-state index in [1.807, 2.05) is 6.07 Å². The van der Waals surface area contributed by atoms with Crippen LogP contribution in [-0.4, -0.2) is 18.0 Å². The summed E-state index contributed by atoms with van der Waals surface area (Å²) in [6.07, 6.45) is 5.84. The molecule has 5 rings (SSSR count). The molecule has 3 heteroatoms. The number of benzene rings is 2. The highest BCUT2D eigenvalue weighted by Crippen LogP contribution is 2.55. The van der Waals surface area contributed by atoms with Crippen molar-refractivity contribution in [2.24, 2.45) is 0 Å². The maximum atomic E-state index is 13.9. The number of hydrogen-bond acceptors (Lipinski definition) is 1. The summed E-state index contributed by atoms with van der Waals surface area (Å²) in [5, 5.41) is 2.50. The summed E-state index contributed by atoms with van der Waals surface area (Å²) < 4.78 is 0. The van der Waals surface area contributed by atoms with Crippen LogP contribution in [-0.2, 0) is 16.8 Å². The van der Waals surface area contributed by atoms with Gasteiger partial charge in [0.05, 0.1) is 13.1 Å². The minimum Gasteiger partial charge on any atom is -0.340 e. The molecular weight excluding hydrogens is 308 g/mol. The molecule has 1 atom stereocenters. The van der Waals surface area contributed by atoms with Gasteiger partial charge >= 0.3 is 0 Å². The Labute approximate surface area is 149 Å². The first-order valence-electron chi connectivity index (χ1n) is 9.57. The Morgan fingerprint density at radius 1 is 0.920 bits per heavy atom. The molecule has 0 aromatic heterocycles. The topological polar surface area (TPSA) is 36.9 Å². The van der Waals surface area contributed by atoms with Gasteiger partial charge < -0.3 is 10.2 Å². The minimum absolute atomic E-state index is 0.0889. The average Bonchev–Trinajstić information content (AvgIpc) is 3.34. The van der Waals surface area contributed by atoms with Crippen LogP contribution < -0.4 is 10.2 Å². The molecule has 0 radical (unpaired) electrons. The van der Waals surface area contributed by atoms with Gasteiger partial charge in [0, 0.05) is 24.9 Å². The molecule has 2 spiro atoms. The van der Waals surface area contributed by atoms with Gasteiger partial charge in [0.2, 0.25) is 5.91 Å². The molecule has 2 aromatic rings. The standard InChI is InChI=1S/C22H24N2O/c25-20-22(14-15-23-21(22)12-6-7-13-21)18-10-4-5-11-19(18)24(20)16-17-8-2-1-3-9-17/h1-5,8-11,23H,6-7,12-16H2/p+1/t22-/m0/s1. The zero-order valence-electron chi connectivity index (χ0n) is 14.6. The molecule has 1 aliphatic carbocycles. The molecule has 2 aliphatic heterocycles. The third-order valence-electron chi connectivity index (χ3n) is 6.85. The van der Waals surface area contributed by atoms with Crippen molar-refractivity contribution in [2.75, 3.05) is 11.4 Å². The van der Waals surface area contributed by atoms with Crippen molar-refractivity contribution in [1.82, 2.24) is 0 Å². The van der Waals surface area contributed by atoms with Crippen LogP contribution in [0.4, 0.5) is 5.69 Å². The number of nitrogens with zero attached hydrogens (tertiary/aromatic N) is 1. The van der Waals surface area contributed by atoms with Crippen LogP contribution in [0.5, 0.6) is 0 Å². The van der Waals surface area contributed by atoms with Crippen molar-refractivity contribution >= 4 is 11.6 Å². The summed E-state index contributed by atoms with van der Waals surface area (Å²) in [6.45, 7) is 1.74. The summed E-state index contributed by atoms with van der Waals surface area (Å²) in [6, 6.07) is 18.9. The van der Waals surface area contributed by atoms with Gasteiger partial charge in [-0.25, -0.2) is 0 Å². The van der Waals surface area contributed by atoms with E-state index in [4.69, 9.17) is 0 Å². The fourth-order valence-electron chi connectivity index (χ4n) is 5.80. The van der Waals surface area contributed by atoms with Crippen LogP contribution in [0.25, 0.3) is 0 Å². The summed E-state index contributed by atoms with van der Waals surface area (Å²) >= 11 is 0. The summed E-state index contributed by atoms with van der Waals surface area (Å²) in [4.78, 5) is 15.9. The van der Waals surface area contributed by atoms with Gasteiger partial charge in [-0.1, -0.05) is 48.5 Å². The molecule has 3 aliphatic rings. The summed E-state index contributed by atoms with van der Waals surface area (Å²) in [5.41, 5.74) is 3.40. The van der Waals surface area contributed by atoms with Gasteiger partial charge in [0.25, 0.3) is 0 Å². The normalized spacial score (nSPS) is 26.7. The molecule has 0 bridgehead atoms. The van der Waals surface area contributed by atoms with Gasteiger partial charge in [-0.2, -0.15) is 0 Å².